The first-order valence-corrected chi connectivity index (χ1v) is 15.0. The molecule has 0 radical (unpaired) electrons. The molecule has 0 aromatic rings. The predicted octanol–water partition coefficient (Wildman–Crippen LogP) is 2.70. The fourth-order valence-corrected chi connectivity index (χ4v) is 6.72. The fourth-order valence-electron chi connectivity index (χ4n) is 5.40. The van der Waals surface area contributed by atoms with Crippen LogP contribution >= 0.6 is 11.8 Å². The van der Waals surface area contributed by atoms with E-state index in [-0.39, 0.29) is 16.6 Å². The summed E-state index contributed by atoms with van der Waals surface area (Å²) in [5.41, 5.74) is 0.656. The number of nitrogens with one attached hydrogen (secondary N) is 4. The number of hydrogen-bond donors (Lipinski definition) is 4. The van der Waals surface area contributed by atoms with Crippen molar-refractivity contribution in [2.75, 3.05) is 58.2 Å². The van der Waals surface area contributed by atoms with Gasteiger partial charge in [0, 0.05) is 43.1 Å². The van der Waals surface area contributed by atoms with E-state index in [0.29, 0.717) is 17.8 Å². The van der Waals surface area contributed by atoms with Crippen LogP contribution in [0.2, 0.25) is 0 Å². The summed E-state index contributed by atoms with van der Waals surface area (Å²) in [5.74, 6) is 4.94. The molecule has 8 nitrogen and oxygen atoms in total. The minimum Gasteiger partial charge on any atom is -0.478 e. The Morgan fingerprint density at radius 2 is 1.44 bits per heavy atom. The Morgan fingerprint density at radius 3 is 1.92 bits per heavy atom. The molecule has 0 saturated carbocycles. The summed E-state index contributed by atoms with van der Waals surface area (Å²) < 4.78 is 5.56. The second-order valence-electron chi connectivity index (χ2n) is 12.3. The molecule has 6 heterocycles. The van der Waals surface area contributed by atoms with E-state index in [2.05, 4.69) is 72.8 Å². The molecule has 6 rings (SSSR count). The number of nitrogens with zero attached hydrogens (tertiary/aromatic N) is 3. The van der Waals surface area contributed by atoms with Gasteiger partial charge in [-0.05, 0) is 38.9 Å². The zero-order chi connectivity index (χ0) is 25.8. The van der Waals surface area contributed by atoms with Gasteiger partial charge >= 0.3 is 0 Å². The first-order valence-electron chi connectivity index (χ1n) is 14.1. The smallest absolute Gasteiger partial charge is 0.186 e. The quantitative estimate of drug-likeness (QED) is 0.458. The van der Waals surface area contributed by atoms with Gasteiger partial charge in [0.1, 0.15) is 12.1 Å². The molecule has 3 saturated heterocycles. The van der Waals surface area contributed by atoms with Crippen molar-refractivity contribution in [1.82, 2.24) is 21.3 Å². The zero-order valence-corrected chi connectivity index (χ0v) is 24.2. The molecule has 3 spiro atoms. The van der Waals surface area contributed by atoms with Gasteiger partial charge in [-0.2, -0.15) is 0 Å². The van der Waals surface area contributed by atoms with Crippen LogP contribution in [0.3, 0.4) is 0 Å². The number of thioether (sulfide) groups is 1. The SMILES string of the molecule is CC(C)C1=NC2(CCNC2)CO1.CC(C)C1=NC2(CCNC2)CS1.CC(C)C1=NCC2(CCNC2)N1. The molecule has 9 heteroatoms. The van der Waals surface area contributed by atoms with E-state index in [4.69, 9.17) is 9.73 Å². The Bertz CT molecular complexity index is 787. The number of rotatable bonds is 3. The van der Waals surface area contributed by atoms with E-state index in [1.54, 1.807) is 0 Å². The van der Waals surface area contributed by atoms with Gasteiger partial charge < -0.3 is 26.0 Å². The van der Waals surface area contributed by atoms with E-state index in [1.807, 2.05) is 11.8 Å². The van der Waals surface area contributed by atoms with Crippen LogP contribution in [0.25, 0.3) is 0 Å². The molecule has 3 fully saturated rings. The average Bonchev–Trinajstić information content (AvgIpc) is 3.68. The minimum absolute atomic E-state index is 0.0968. The van der Waals surface area contributed by atoms with Crippen LogP contribution in [0.15, 0.2) is 15.0 Å². The van der Waals surface area contributed by atoms with Gasteiger partial charge in [-0.15, -0.1) is 11.8 Å². The third kappa shape index (κ3) is 6.63. The molecule has 0 aliphatic carbocycles. The van der Waals surface area contributed by atoms with Crippen molar-refractivity contribution >= 4 is 28.5 Å². The first-order chi connectivity index (χ1) is 17.2. The second kappa shape index (κ2) is 11.7. The van der Waals surface area contributed by atoms with Crippen LogP contribution in [0.5, 0.6) is 0 Å². The lowest BCUT2D eigenvalue weighted by Gasteiger charge is -2.23. The highest BCUT2D eigenvalue weighted by molar-refractivity contribution is 8.14. The second-order valence-corrected chi connectivity index (χ2v) is 13.3. The number of hydrogen-bond acceptors (Lipinski definition) is 9. The van der Waals surface area contributed by atoms with Gasteiger partial charge in [0.25, 0.3) is 0 Å². The molecule has 4 N–H and O–H groups in total. The average molecular weight is 520 g/mol. The summed E-state index contributed by atoms with van der Waals surface area (Å²) in [6, 6.07) is 0. The van der Waals surface area contributed by atoms with E-state index < -0.39 is 0 Å². The van der Waals surface area contributed by atoms with E-state index in [1.165, 1.54) is 29.5 Å². The van der Waals surface area contributed by atoms with Crippen LogP contribution in [0.4, 0.5) is 0 Å². The Kier molecular flexibility index (Phi) is 9.06. The lowest BCUT2D eigenvalue weighted by molar-refractivity contribution is 0.257. The molecule has 36 heavy (non-hydrogen) atoms. The lowest BCUT2D eigenvalue weighted by atomic mass is 10.00. The largest absolute Gasteiger partial charge is 0.478 e. The summed E-state index contributed by atoms with van der Waals surface area (Å²) in [6.07, 6.45) is 3.58. The number of aliphatic imine (C=N–C) groups is 3. The van der Waals surface area contributed by atoms with Crippen molar-refractivity contribution in [3.63, 3.8) is 0 Å². The number of ether oxygens (including phenoxy) is 1. The standard InChI is InChI=1S/C9H17N3.C9H16N2O.C9H16N2S/c1-7(2)8-11-6-9(12-8)3-4-10-5-9;2*1-7(2)8-11-9(6-12-8)3-4-10-5-9/h7,10H,3-6H2,1-2H3,(H,11,12);2*7,10H,3-6H2,1-2H3. The molecule has 0 bridgehead atoms. The minimum atomic E-state index is 0.0968. The molecule has 3 atom stereocenters. The highest BCUT2D eigenvalue weighted by Gasteiger charge is 2.40. The summed E-state index contributed by atoms with van der Waals surface area (Å²) in [7, 11) is 0. The predicted molar refractivity (Wildman–Crippen MR) is 154 cm³/mol. The normalized spacial score (nSPS) is 34.6. The van der Waals surface area contributed by atoms with Gasteiger partial charge in [-0.25, -0.2) is 4.99 Å². The highest BCUT2D eigenvalue weighted by Crippen LogP contribution is 2.35. The molecule has 3 unspecified atom stereocenters. The van der Waals surface area contributed by atoms with Gasteiger partial charge in [-0.3, -0.25) is 9.98 Å². The van der Waals surface area contributed by atoms with Crippen molar-refractivity contribution in [2.45, 2.75) is 77.4 Å². The molecule has 6 aliphatic heterocycles. The van der Waals surface area contributed by atoms with Crippen molar-refractivity contribution in [3.8, 4) is 0 Å². The summed E-state index contributed by atoms with van der Waals surface area (Å²) >= 11 is 1.96. The van der Waals surface area contributed by atoms with Crippen LogP contribution in [0, 0.1) is 17.8 Å². The molecule has 204 valence electrons. The van der Waals surface area contributed by atoms with Crippen molar-refractivity contribution < 1.29 is 4.74 Å². The summed E-state index contributed by atoms with van der Waals surface area (Å²) in [4.78, 5) is 14.0. The van der Waals surface area contributed by atoms with Gasteiger partial charge in [0.05, 0.1) is 28.5 Å². The van der Waals surface area contributed by atoms with E-state index in [9.17, 15) is 0 Å². The van der Waals surface area contributed by atoms with E-state index >= 15 is 0 Å². The van der Waals surface area contributed by atoms with Crippen LogP contribution in [0.1, 0.15) is 60.8 Å². The molecule has 0 aromatic carbocycles. The molecule has 0 amide bonds. The fraction of sp³-hybridized carbons (Fsp3) is 0.889. The van der Waals surface area contributed by atoms with Crippen molar-refractivity contribution in [2.24, 2.45) is 32.7 Å². The van der Waals surface area contributed by atoms with Crippen molar-refractivity contribution in [1.29, 1.82) is 0 Å². The molecular formula is C27H49N7OS. The summed E-state index contributed by atoms with van der Waals surface area (Å²) in [6.45, 7) is 21.4. The first kappa shape index (κ1) is 27.9. The summed E-state index contributed by atoms with van der Waals surface area (Å²) in [5, 5.41) is 15.0. The number of amidine groups is 1. The van der Waals surface area contributed by atoms with Crippen LogP contribution in [-0.4, -0.2) is 91.6 Å². The van der Waals surface area contributed by atoms with Crippen molar-refractivity contribution in [3.05, 3.63) is 0 Å². The maximum Gasteiger partial charge on any atom is 0.186 e. The van der Waals surface area contributed by atoms with Gasteiger partial charge in [0.15, 0.2) is 5.90 Å². The van der Waals surface area contributed by atoms with Gasteiger partial charge in [-0.1, -0.05) is 41.5 Å². The zero-order valence-electron chi connectivity index (χ0n) is 23.4. The lowest BCUT2D eigenvalue weighted by Crippen LogP contribution is -2.48. The maximum absolute atomic E-state index is 5.56. The Labute approximate surface area is 222 Å². The third-order valence-corrected chi connectivity index (χ3v) is 9.38. The third-order valence-electron chi connectivity index (χ3n) is 7.84. The maximum atomic E-state index is 5.56. The Morgan fingerprint density at radius 1 is 0.778 bits per heavy atom. The van der Waals surface area contributed by atoms with E-state index in [0.717, 1.165) is 64.7 Å². The van der Waals surface area contributed by atoms with Crippen LogP contribution in [-0.2, 0) is 4.74 Å². The monoisotopic (exact) mass is 519 g/mol. The molecule has 0 aromatic heterocycles. The molecule has 6 aliphatic rings. The molecular weight excluding hydrogens is 470 g/mol. The Hall–Kier alpha value is -1.16. The topological polar surface area (TPSA) is 94.4 Å². The highest BCUT2D eigenvalue weighted by atomic mass is 32.2. The van der Waals surface area contributed by atoms with Gasteiger partial charge in [0.2, 0.25) is 0 Å². The Balaban J connectivity index is 0.000000127. The van der Waals surface area contributed by atoms with Crippen LogP contribution < -0.4 is 21.3 Å².